The Kier molecular flexibility index (Phi) is 4.86. The number of ether oxygens (including phenoxy) is 2. The summed E-state index contributed by atoms with van der Waals surface area (Å²) in [5, 5.41) is 3.13. The zero-order valence-corrected chi connectivity index (χ0v) is 12.9. The molecular weight excluding hydrogens is 254 g/mol. The fourth-order valence-corrected chi connectivity index (χ4v) is 2.13. The average molecular weight is 281 g/mol. The third-order valence-corrected chi connectivity index (χ3v) is 4.50. The van der Waals surface area contributed by atoms with Crippen LogP contribution in [0.5, 0.6) is 0 Å². The van der Waals surface area contributed by atoms with Crippen LogP contribution in [0.15, 0.2) is 12.2 Å². The molecule has 0 aromatic carbocycles. The van der Waals surface area contributed by atoms with E-state index in [1.807, 2.05) is 20.8 Å². The molecule has 4 heteroatoms. The molecule has 0 aromatic rings. The van der Waals surface area contributed by atoms with E-state index in [2.05, 4.69) is 11.9 Å². The molecule has 0 radical (unpaired) electrons. The van der Waals surface area contributed by atoms with Gasteiger partial charge in [-0.05, 0) is 46.0 Å². The van der Waals surface area contributed by atoms with Crippen LogP contribution in [0.3, 0.4) is 0 Å². The minimum atomic E-state index is -0.542. The highest BCUT2D eigenvalue weighted by Gasteiger charge is 2.35. The lowest BCUT2D eigenvalue weighted by atomic mass is 9.84. The van der Waals surface area contributed by atoms with E-state index >= 15 is 0 Å². The van der Waals surface area contributed by atoms with Gasteiger partial charge in [0.1, 0.15) is 6.10 Å². The zero-order chi connectivity index (χ0) is 14.8. The number of hydrogen-bond donors (Lipinski definition) is 1. The molecule has 0 unspecified atom stereocenters. The summed E-state index contributed by atoms with van der Waals surface area (Å²) < 4.78 is 11.4. The Labute approximate surface area is 121 Å². The Morgan fingerprint density at radius 2 is 2.10 bits per heavy atom. The van der Waals surface area contributed by atoms with Crippen molar-refractivity contribution in [3.63, 3.8) is 0 Å². The second-order valence-electron chi connectivity index (χ2n) is 6.66. The molecule has 2 aliphatic rings. The van der Waals surface area contributed by atoms with Gasteiger partial charge in [-0.1, -0.05) is 12.2 Å². The van der Waals surface area contributed by atoms with Gasteiger partial charge in [-0.2, -0.15) is 0 Å². The number of hydrogen-bond acceptors (Lipinski definition) is 3. The molecule has 1 aliphatic carbocycles. The fraction of sp³-hybridized carbons (Fsp3) is 0.812. The maximum atomic E-state index is 12.4. The third-order valence-electron chi connectivity index (χ3n) is 4.50. The Morgan fingerprint density at radius 1 is 1.40 bits per heavy atom. The standard InChI is InChI=1S/C16H27NO3/c1-11(2)16(3,4)15(18)17-13-7-8-19-10-14(13)20-9-12-5-6-12/h12-14H,1,5-10H2,2-4H3,(H,17,18)/t13-,14-/m0/s1. The molecule has 1 aliphatic heterocycles. The summed E-state index contributed by atoms with van der Waals surface area (Å²) in [4.78, 5) is 12.4. The SMILES string of the molecule is C=C(C)C(C)(C)C(=O)N[C@H]1CCOC[C@@H]1OCC1CC1. The van der Waals surface area contributed by atoms with Crippen molar-refractivity contribution >= 4 is 5.91 Å². The van der Waals surface area contributed by atoms with Crippen molar-refractivity contribution in [3.8, 4) is 0 Å². The highest BCUT2D eigenvalue weighted by atomic mass is 16.5. The van der Waals surface area contributed by atoms with E-state index in [9.17, 15) is 4.79 Å². The smallest absolute Gasteiger partial charge is 0.230 e. The van der Waals surface area contributed by atoms with E-state index in [4.69, 9.17) is 9.47 Å². The van der Waals surface area contributed by atoms with Crippen molar-refractivity contribution < 1.29 is 14.3 Å². The Bertz CT molecular complexity index is 374. The van der Waals surface area contributed by atoms with Gasteiger partial charge in [-0.3, -0.25) is 4.79 Å². The van der Waals surface area contributed by atoms with Crippen molar-refractivity contribution in [2.45, 2.75) is 52.2 Å². The highest BCUT2D eigenvalue weighted by molar-refractivity contribution is 5.85. The summed E-state index contributed by atoms with van der Waals surface area (Å²) in [6, 6.07) is 0.0497. The predicted molar refractivity (Wildman–Crippen MR) is 78.4 cm³/mol. The van der Waals surface area contributed by atoms with E-state index in [0.29, 0.717) is 13.2 Å². The molecule has 1 heterocycles. The van der Waals surface area contributed by atoms with E-state index in [1.165, 1.54) is 12.8 Å². The summed E-state index contributed by atoms with van der Waals surface area (Å²) >= 11 is 0. The van der Waals surface area contributed by atoms with E-state index < -0.39 is 5.41 Å². The third kappa shape index (κ3) is 3.83. The number of carbonyl (C=O) groups is 1. The van der Waals surface area contributed by atoms with Crippen LogP contribution in [-0.2, 0) is 14.3 Å². The molecule has 114 valence electrons. The fourth-order valence-electron chi connectivity index (χ4n) is 2.13. The highest BCUT2D eigenvalue weighted by Crippen LogP contribution is 2.30. The largest absolute Gasteiger partial charge is 0.379 e. The van der Waals surface area contributed by atoms with Crippen LogP contribution in [0, 0.1) is 11.3 Å². The zero-order valence-electron chi connectivity index (χ0n) is 12.9. The van der Waals surface area contributed by atoms with E-state index in [1.54, 1.807) is 0 Å². The van der Waals surface area contributed by atoms with Gasteiger partial charge in [-0.15, -0.1) is 0 Å². The first-order valence-corrected chi connectivity index (χ1v) is 7.57. The van der Waals surface area contributed by atoms with Crippen LogP contribution in [-0.4, -0.2) is 37.9 Å². The van der Waals surface area contributed by atoms with Gasteiger partial charge in [-0.25, -0.2) is 0 Å². The Balaban J connectivity index is 1.90. The van der Waals surface area contributed by atoms with E-state index in [0.717, 1.165) is 24.5 Å². The number of nitrogens with one attached hydrogen (secondary N) is 1. The summed E-state index contributed by atoms with van der Waals surface area (Å²) in [6.07, 6.45) is 3.34. The van der Waals surface area contributed by atoms with Crippen LogP contribution in [0.1, 0.15) is 40.0 Å². The second-order valence-corrected chi connectivity index (χ2v) is 6.66. The van der Waals surface area contributed by atoms with Crippen molar-refractivity contribution in [2.24, 2.45) is 11.3 Å². The van der Waals surface area contributed by atoms with E-state index in [-0.39, 0.29) is 18.1 Å². The maximum Gasteiger partial charge on any atom is 0.230 e. The monoisotopic (exact) mass is 281 g/mol. The number of carbonyl (C=O) groups excluding carboxylic acids is 1. The first-order valence-electron chi connectivity index (χ1n) is 7.57. The van der Waals surface area contributed by atoms with Crippen LogP contribution >= 0.6 is 0 Å². The molecule has 20 heavy (non-hydrogen) atoms. The van der Waals surface area contributed by atoms with Crippen molar-refractivity contribution in [1.29, 1.82) is 0 Å². The van der Waals surface area contributed by atoms with Gasteiger partial charge in [0.25, 0.3) is 0 Å². The van der Waals surface area contributed by atoms with Crippen LogP contribution in [0.2, 0.25) is 0 Å². The summed E-state index contributed by atoms with van der Waals surface area (Å²) in [7, 11) is 0. The average Bonchev–Trinajstić information content (AvgIpc) is 3.21. The van der Waals surface area contributed by atoms with Crippen LogP contribution < -0.4 is 5.32 Å². The first kappa shape index (κ1) is 15.5. The van der Waals surface area contributed by atoms with Crippen molar-refractivity contribution in [3.05, 3.63) is 12.2 Å². The lowest BCUT2D eigenvalue weighted by molar-refractivity contribution is -0.132. The molecular formula is C16H27NO3. The predicted octanol–water partition coefficient (Wildman–Crippen LogP) is 2.29. The number of rotatable bonds is 6. The molecule has 0 aromatic heterocycles. The molecule has 4 nitrogen and oxygen atoms in total. The van der Waals surface area contributed by atoms with Gasteiger partial charge >= 0.3 is 0 Å². The van der Waals surface area contributed by atoms with Crippen molar-refractivity contribution in [1.82, 2.24) is 5.32 Å². The number of amides is 1. The Morgan fingerprint density at radius 3 is 2.70 bits per heavy atom. The van der Waals surface area contributed by atoms with Crippen molar-refractivity contribution in [2.75, 3.05) is 19.8 Å². The normalized spacial score (nSPS) is 27.1. The van der Waals surface area contributed by atoms with Crippen LogP contribution in [0.25, 0.3) is 0 Å². The molecule has 1 saturated carbocycles. The molecule has 0 spiro atoms. The van der Waals surface area contributed by atoms with Gasteiger partial charge in [0.05, 0.1) is 18.1 Å². The molecule has 2 rings (SSSR count). The minimum Gasteiger partial charge on any atom is -0.379 e. The molecule has 0 bridgehead atoms. The lowest BCUT2D eigenvalue weighted by Crippen LogP contribution is -2.53. The van der Waals surface area contributed by atoms with Gasteiger partial charge < -0.3 is 14.8 Å². The minimum absolute atomic E-state index is 0.0192. The molecule has 1 saturated heterocycles. The lowest BCUT2D eigenvalue weighted by Gasteiger charge is -2.35. The van der Waals surface area contributed by atoms with Gasteiger partial charge in [0.15, 0.2) is 0 Å². The molecule has 1 N–H and O–H groups in total. The topological polar surface area (TPSA) is 47.6 Å². The Hall–Kier alpha value is -0.870. The molecule has 2 fully saturated rings. The summed E-state index contributed by atoms with van der Waals surface area (Å²) in [6.45, 7) is 11.7. The first-order chi connectivity index (χ1) is 9.41. The molecule has 2 atom stereocenters. The van der Waals surface area contributed by atoms with Gasteiger partial charge in [0.2, 0.25) is 5.91 Å². The summed E-state index contributed by atoms with van der Waals surface area (Å²) in [5.74, 6) is 0.747. The van der Waals surface area contributed by atoms with Crippen LogP contribution in [0.4, 0.5) is 0 Å². The second kappa shape index (κ2) is 6.27. The quantitative estimate of drug-likeness (QED) is 0.760. The summed E-state index contributed by atoms with van der Waals surface area (Å²) in [5.41, 5.74) is 0.330. The maximum absolute atomic E-state index is 12.4. The molecule has 1 amide bonds. The van der Waals surface area contributed by atoms with Gasteiger partial charge in [0, 0.05) is 13.2 Å².